The molecule has 0 aliphatic carbocycles. The van der Waals surface area contributed by atoms with Crippen LogP contribution in [-0.2, 0) is 23.8 Å². The summed E-state index contributed by atoms with van der Waals surface area (Å²) < 4.78 is 16.0. The number of carbonyl (C=O) groups excluding carboxylic acids is 1. The number of hydrogen-bond donors (Lipinski definition) is 1. The second-order valence-corrected chi connectivity index (χ2v) is 5.09. The van der Waals surface area contributed by atoms with Gasteiger partial charge in [-0.2, -0.15) is 0 Å². The lowest BCUT2D eigenvalue weighted by Gasteiger charge is -2.32. The van der Waals surface area contributed by atoms with E-state index in [2.05, 4.69) is 0 Å². The SMILES string of the molecule is C[C@H](OC[C@@H]1CCCO1)C(=O)N1CCO[C@@H](C(=O)O)C1. The van der Waals surface area contributed by atoms with E-state index in [4.69, 9.17) is 19.3 Å². The molecular weight excluding hydrogens is 266 g/mol. The quantitative estimate of drug-likeness (QED) is 0.759. The number of rotatable bonds is 5. The molecule has 1 amide bonds. The smallest absolute Gasteiger partial charge is 0.334 e. The maximum Gasteiger partial charge on any atom is 0.334 e. The van der Waals surface area contributed by atoms with Gasteiger partial charge in [0.1, 0.15) is 6.10 Å². The summed E-state index contributed by atoms with van der Waals surface area (Å²) in [6.07, 6.45) is 0.520. The Kier molecular flexibility index (Phi) is 5.33. The van der Waals surface area contributed by atoms with Crippen molar-refractivity contribution in [2.24, 2.45) is 0 Å². The fourth-order valence-corrected chi connectivity index (χ4v) is 2.35. The number of carboxylic acid groups (broad SMARTS) is 1. The van der Waals surface area contributed by atoms with Crippen LogP contribution in [0, 0.1) is 0 Å². The van der Waals surface area contributed by atoms with Crippen LogP contribution in [0.1, 0.15) is 19.8 Å². The summed E-state index contributed by atoms with van der Waals surface area (Å²) in [5.41, 5.74) is 0. The van der Waals surface area contributed by atoms with Crippen molar-refractivity contribution in [3.05, 3.63) is 0 Å². The monoisotopic (exact) mass is 287 g/mol. The number of amides is 1. The number of ether oxygens (including phenoxy) is 3. The third-order valence-corrected chi connectivity index (χ3v) is 3.56. The molecular formula is C13H21NO6. The molecule has 1 N–H and O–H groups in total. The average molecular weight is 287 g/mol. The van der Waals surface area contributed by atoms with Gasteiger partial charge in [0.05, 0.1) is 25.9 Å². The van der Waals surface area contributed by atoms with Gasteiger partial charge in [-0.25, -0.2) is 4.79 Å². The predicted octanol–water partition coefficient (Wildman–Crippen LogP) is -0.117. The fraction of sp³-hybridized carbons (Fsp3) is 0.846. The van der Waals surface area contributed by atoms with Gasteiger partial charge in [0.2, 0.25) is 0 Å². The third kappa shape index (κ3) is 3.91. The minimum absolute atomic E-state index is 0.0710. The summed E-state index contributed by atoms with van der Waals surface area (Å²) in [5, 5.41) is 8.91. The Morgan fingerprint density at radius 2 is 2.20 bits per heavy atom. The molecule has 0 bridgehead atoms. The van der Waals surface area contributed by atoms with Gasteiger partial charge in [-0.1, -0.05) is 0 Å². The first-order valence-electron chi connectivity index (χ1n) is 6.94. The second-order valence-electron chi connectivity index (χ2n) is 5.09. The molecule has 114 valence electrons. The van der Waals surface area contributed by atoms with Gasteiger partial charge in [-0.3, -0.25) is 4.79 Å². The van der Waals surface area contributed by atoms with Gasteiger partial charge in [0.15, 0.2) is 6.10 Å². The zero-order valence-electron chi connectivity index (χ0n) is 11.6. The van der Waals surface area contributed by atoms with Gasteiger partial charge in [0.25, 0.3) is 5.91 Å². The number of nitrogens with zero attached hydrogens (tertiary/aromatic N) is 1. The van der Waals surface area contributed by atoms with Crippen molar-refractivity contribution in [3.8, 4) is 0 Å². The van der Waals surface area contributed by atoms with Crippen LogP contribution in [0.15, 0.2) is 0 Å². The first-order valence-corrected chi connectivity index (χ1v) is 6.94. The Morgan fingerprint density at radius 1 is 1.40 bits per heavy atom. The standard InChI is InChI=1S/C13H21NO6/c1-9(20-8-10-3-2-5-18-10)12(15)14-4-6-19-11(7-14)13(16)17/h9-11H,2-8H2,1H3,(H,16,17)/t9-,10-,11+/m0/s1. The number of carboxylic acids is 1. The van der Waals surface area contributed by atoms with Crippen molar-refractivity contribution in [3.63, 3.8) is 0 Å². The van der Waals surface area contributed by atoms with Crippen molar-refractivity contribution < 1.29 is 28.9 Å². The van der Waals surface area contributed by atoms with Gasteiger partial charge in [-0.15, -0.1) is 0 Å². The lowest BCUT2D eigenvalue weighted by molar-refractivity contribution is -0.163. The molecule has 0 spiro atoms. The van der Waals surface area contributed by atoms with Crippen LogP contribution in [0.25, 0.3) is 0 Å². The minimum atomic E-state index is -1.05. The molecule has 0 radical (unpaired) electrons. The highest BCUT2D eigenvalue weighted by molar-refractivity contribution is 5.82. The molecule has 2 heterocycles. The fourth-order valence-electron chi connectivity index (χ4n) is 2.35. The summed E-state index contributed by atoms with van der Waals surface area (Å²) in [4.78, 5) is 24.6. The zero-order valence-corrected chi connectivity index (χ0v) is 11.6. The highest BCUT2D eigenvalue weighted by Gasteiger charge is 2.31. The predicted molar refractivity (Wildman–Crippen MR) is 68.3 cm³/mol. The van der Waals surface area contributed by atoms with E-state index in [-0.39, 0.29) is 25.2 Å². The Morgan fingerprint density at radius 3 is 2.85 bits per heavy atom. The van der Waals surface area contributed by atoms with E-state index in [0.29, 0.717) is 13.2 Å². The maximum absolute atomic E-state index is 12.2. The number of hydrogen-bond acceptors (Lipinski definition) is 5. The maximum atomic E-state index is 12.2. The molecule has 0 aromatic carbocycles. The van der Waals surface area contributed by atoms with Crippen molar-refractivity contribution >= 4 is 11.9 Å². The summed E-state index contributed by atoms with van der Waals surface area (Å²) in [5.74, 6) is -1.24. The molecule has 0 unspecified atom stereocenters. The summed E-state index contributed by atoms with van der Waals surface area (Å²) in [6, 6.07) is 0. The molecule has 20 heavy (non-hydrogen) atoms. The Balaban J connectivity index is 1.78. The van der Waals surface area contributed by atoms with E-state index in [0.717, 1.165) is 19.4 Å². The molecule has 2 aliphatic rings. The summed E-state index contributed by atoms with van der Waals surface area (Å²) >= 11 is 0. The van der Waals surface area contributed by atoms with Gasteiger partial charge in [0, 0.05) is 13.2 Å². The average Bonchev–Trinajstić information content (AvgIpc) is 2.97. The van der Waals surface area contributed by atoms with E-state index in [1.54, 1.807) is 6.92 Å². The van der Waals surface area contributed by atoms with E-state index < -0.39 is 18.2 Å². The molecule has 7 nitrogen and oxygen atoms in total. The molecule has 2 rings (SSSR count). The van der Waals surface area contributed by atoms with Gasteiger partial charge >= 0.3 is 5.97 Å². The van der Waals surface area contributed by atoms with Crippen LogP contribution in [0.5, 0.6) is 0 Å². The number of carbonyl (C=O) groups is 2. The number of morpholine rings is 1. The molecule has 2 fully saturated rings. The van der Waals surface area contributed by atoms with Crippen molar-refractivity contribution in [1.82, 2.24) is 4.90 Å². The lowest BCUT2D eigenvalue weighted by Crippen LogP contribution is -2.51. The van der Waals surface area contributed by atoms with Crippen molar-refractivity contribution in [1.29, 1.82) is 0 Å². The molecule has 2 aliphatic heterocycles. The summed E-state index contributed by atoms with van der Waals surface area (Å²) in [7, 11) is 0. The first-order chi connectivity index (χ1) is 9.58. The van der Waals surface area contributed by atoms with Crippen LogP contribution in [0.2, 0.25) is 0 Å². The largest absolute Gasteiger partial charge is 0.479 e. The van der Waals surface area contributed by atoms with Gasteiger partial charge in [-0.05, 0) is 19.8 Å². The lowest BCUT2D eigenvalue weighted by atomic mass is 10.2. The van der Waals surface area contributed by atoms with E-state index in [1.165, 1.54) is 4.90 Å². The molecule has 7 heteroatoms. The topological polar surface area (TPSA) is 85.3 Å². The minimum Gasteiger partial charge on any atom is -0.479 e. The second kappa shape index (κ2) is 7.01. The highest BCUT2D eigenvalue weighted by Crippen LogP contribution is 2.14. The van der Waals surface area contributed by atoms with Crippen LogP contribution in [0.4, 0.5) is 0 Å². The Hall–Kier alpha value is -1.18. The van der Waals surface area contributed by atoms with Crippen molar-refractivity contribution in [2.45, 2.75) is 38.1 Å². The van der Waals surface area contributed by atoms with Gasteiger partial charge < -0.3 is 24.2 Å². The summed E-state index contributed by atoms with van der Waals surface area (Å²) in [6.45, 7) is 3.54. The third-order valence-electron chi connectivity index (χ3n) is 3.56. The normalized spacial score (nSPS) is 28.4. The molecule has 0 aromatic heterocycles. The molecule has 0 aromatic rings. The highest BCUT2D eigenvalue weighted by atomic mass is 16.5. The molecule has 3 atom stereocenters. The Bertz CT molecular complexity index is 355. The molecule has 0 saturated carbocycles. The van der Waals surface area contributed by atoms with E-state index in [1.807, 2.05) is 0 Å². The zero-order chi connectivity index (χ0) is 14.5. The van der Waals surface area contributed by atoms with E-state index >= 15 is 0 Å². The van der Waals surface area contributed by atoms with Crippen LogP contribution >= 0.6 is 0 Å². The van der Waals surface area contributed by atoms with Crippen LogP contribution in [-0.4, -0.2) is 73.1 Å². The van der Waals surface area contributed by atoms with E-state index in [9.17, 15) is 9.59 Å². The van der Waals surface area contributed by atoms with Crippen LogP contribution in [0.3, 0.4) is 0 Å². The molecule has 2 saturated heterocycles. The first kappa shape index (κ1) is 15.2. The van der Waals surface area contributed by atoms with Crippen molar-refractivity contribution in [2.75, 3.05) is 32.9 Å². The number of aliphatic carboxylic acids is 1. The Labute approximate surface area is 117 Å². The van der Waals surface area contributed by atoms with Crippen LogP contribution < -0.4 is 0 Å².